The zero-order chi connectivity index (χ0) is 8.97. The molecule has 0 aromatic rings. The Morgan fingerprint density at radius 3 is 2.75 bits per heavy atom. The van der Waals surface area contributed by atoms with Gasteiger partial charge in [0, 0.05) is 0 Å². The topological polar surface area (TPSA) is 9.23 Å². The summed E-state index contributed by atoms with van der Waals surface area (Å²) in [6, 6.07) is 0. The smallest absolute Gasteiger partial charge is 0.117 e. The number of hydrogen-bond donors (Lipinski definition) is 0. The molecular weight excluding hydrogens is 148 g/mol. The van der Waals surface area contributed by atoms with Crippen LogP contribution in [-0.2, 0) is 4.74 Å². The fourth-order valence-corrected chi connectivity index (χ4v) is 1.52. The Bertz CT molecular complexity index is 201. The predicted octanol–water partition coefficient (Wildman–Crippen LogP) is 3.43. The molecule has 0 aromatic heterocycles. The van der Waals surface area contributed by atoms with Gasteiger partial charge in [-0.05, 0) is 44.4 Å². The van der Waals surface area contributed by atoms with E-state index in [1.165, 1.54) is 18.4 Å². The zero-order valence-corrected chi connectivity index (χ0v) is 8.26. The van der Waals surface area contributed by atoms with Gasteiger partial charge >= 0.3 is 0 Å². The molecule has 1 heterocycles. The van der Waals surface area contributed by atoms with Crippen LogP contribution in [0.2, 0.25) is 0 Å². The third-order valence-corrected chi connectivity index (χ3v) is 2.06. The van der Waals surface area contributed by atoms with E-state index in [9.17, 15) is 0 Å². The van der Waals surface area contributed by atoms with Crippen molar-refractivity contribution in [2.75, 3.05) is 0 Å². The average molecular weight is 166 g/mol. The van der Waals surface area contributed by atoms with Crippen LogP contribution in [-0.4, -0.2) is 6.10 Å². The summed E-state index contributed by atoms with van der Waals surface area (Å²) in [5.74, 6) is 1.05. The van der Waals surface area contributed by atoms with E-state index < -0.39 is 0 Å². The monoisotopic (exact) mass is 166 g/mol. The molecule has 0 saturated heterocycles. The summed E-state index contributed by atoms with van der Waals surface area (Å²) < 4.78 is 5.64. The number of allylic oxidation sites excluding steroid dienone is 3. The lowest BCUT2D eigenvalue weighted by Gasteiger charge is -2.20. The van der Waals surface area contributed by atoms with Crippen molar-refractivity contribution in [2.24, 2.45) is 0 Å². The van der Waals surface area contributed by atoms with Gasteiger partial charge in [0.25, 0.3) is 0 Å². The Labute approximate surface area is 75.1 Å². The fourth-order valence-electron chi connectivity index (χ4n) is 1.52. The first-order valence-electron chi connectivity index (χ1n) is 4.75. The molecule has 0 N–H and O–H groups in total. The van der Waals surface area contributed by atoms with Crippen LogP contribution in [0, 0.1) is 0 Å². The van der Waals surface area contributed by atoms with Crippen molar-refractivity contribution in [3.8, 4) is 0 Å². The molecule has 0 fully saturated rings. The van der Waals surface area contributed by atoms with Crippen molar-refractivity contribution in [3.05, 3.63) is 23.5 Å². The molecule has 0 spiro atoms. The lowest BCUT2D eigenvalue weighted by molar-refractivity contribution is 0.141. The molecule has 0 aliphatic carbocycles. The van der Waals surface area contributed by atoms with Gasteiger partial charge in [-0.25, -0.2) is 0 Å². The maximum absolute atomic E-state index is 5.64. The molecule has 0 aromatic carbocycles. The van der Waals surface area contributed by atoms with Gasteiger partial charge in [0.05, 0.1) is 5.76 Å². The van der Waals surface area contributed by atoms with Crippen molar-refractivity contribution in [1.82, 2.24) is 0 Å². The van der Waals surface area contributed by atoms with Crippen molar-refractivity contribution < 1.29 is 4.74 Å². The van der Waals surface area contributed by atoms with Gasteiger partial charge in [0.1, 0.15) is 6.10 Å². The van der Waals surface area contributed by atoms with Crippen LogP contribution in [0.4, 0.5) is 0 Å². The van der Waals surface area contributed by atoms with Crippen LogP contribution in [0.3, 0.4) is 0 Å². The van der Waals surface area contributed by atoms with Gasteiger partial charge in [-0.2, -0.15) is 0 Å². The van der Waals surface area contributed by atoms with Crippen LogP contribution < -0.4 is 0 Å². The molecule has 1 nitrogen and oxygen atoms in total. The van der Waals surface area contributed by atoms with Gasteiger partial charge in [-0.1, -0.05) is 13.3 Å². The van der Waals surface area contributed by atoms with Gasteiger partial charge < -0.3 is 4.74 Å². The highest BCUT2D eigenvalue weighted by molar-refractivity contribution is 5.23. The largest absolute Gasteiger partial charge is 0.491 e. The third-order valence-electron chi connectivity index (χ3n) is 2.06. The second-order valence-electron chi connectivity index (χ2n) is 3.46. The number of unbranched alkanes of at least 4 members (excludes halogenated alkanes) is 1. The van der Waals surface area contributed by atoms with Crippen molar-refractivity contribution in [2.45, 2.75) is 46.1 Å². The first kappa shape index (κ1) is 9.37. The maximum atomic E-state index is 5.64. The van der Waals surface area contributed by atoms with E-state index in [0.717, 1.165) is 12.2 Å². The molecule has 0 amide bonds. The lowest BCUT2D eigenvalue weighted by atomic mass is 10.1. The fraction of sp³-hybridized carbons (Fsp3) is 0.636. The summed E-state index contributed by atoms with van der Waals surface area (Å²) in [6.45, 7) is 6.36. The zero-order valence-electron chi connectivity index (χ0n) is 8.26. The molecule has 1 aliphatic rings. The van der Waals surface area contributed by atoms with Crippen molar-refractivity contribution >= 4 is 0 Å². The Morgan fingerprint density at radius 1 is 1.42 bits per heavy atom. The highest BCUT2D eigenvalue weighted by atomic mass is 16.5. The summed E-state index contributed by atoms with van der Waals surface area (Å²) in [7, 11) is 0. The summed E-state index contributed by atoms with van der Waals surface area (Å²) in [5, 5.41) is 0. The van der Waals surface area contributed by atoms with E-state index in [1.807, 2.05) is 6.92 Å². The molecule has 1 rings (SSSR count). The van der Waals surface area contributed by atoms with Crippen LogP contribution in [0.25, 0.3) is 0 Å². The Balaban J connectivity index is 2.44. The summed E-state index contributed by atoms with van der Waals surface area (Å²) >= 11 is 0. The molecular formula is C11H18O. The normalized spacial score (nSPS) is 22.8. The standard InChI is InChI=1S/C11H18O/c1-4-5-6-11-8-9(2)7-10(3)12-11/h7-8,11H,4-6H2,1-3H3. The van der Waals surface area contributed by atoms with Crippen LogP contribution in [0.5, 0.6) is 0 Å². The summed E-state index contributed by atoms with van der Waals surface area (Å²) in [4.78, 5) is 0. The van der Waals surface area contributed by atoms with Crippen LogP contribution in [0.1, 0.15) is 40.0 Å². The minimum absolute atomic E-state index is 0.329. The van der Waals surface area contributed by atoms with Crippen LogP contribution in [0.15, 0.2) is 23.5 Å². The predicted molar refractivity (Wildman–Crippen MR) is 51.9 cm³/mol. The molecule has 12 heavy (non-hydrogen) atoms. The Hall–Kier alpha value is -0.720. The summed E-state index contributed by atoms with van der Waals surface area (Å²) in [5.41, 5.74) is 1.33. The van der Waals surface area contributed by atoms with Gasteiger partial charge in [-0.15, -0.1) is 0 Å². The van der Waals surface area contributed by atoms with E-state index in [2.05, 4.69) is 26.0 Å². The molecule has 68 valence electrons. The minimum atomic E-state index is 0.329. The molecule has 0 bridgehead atoms. The van der Waals surface area contributed by atoms with Gasteiger partial charge in [-0.3, -0.25) is 0 Å². The quantitative estimate of drug-likeness (QED) is 0.624. The van der Waals surface area contributed by atoms with E-state index >= 15 is 0 Å². The van der Waals surface area contributed by atoms with Gasteiger partial charge in [0.2, 0.25) is 0 Å². The van der Waals surface area contributed by atoms with Crippen LogP contribution >= 0.6 is 0 Å². The molecule has 0 radical (unpaired) electrons. The van der Waals surface area contributed by atoms with E-state index in [0.29, 0.717) is 6.10 Å². The SMILES string of the molecule is CCCCC1C=C(C)C=C(C)O1. The molecule has 0 saturated carbocycles. The lowest BCUT2D eigenvalue weighted by Crippen LogP contribution is -2.12. The van der Waals surface area contributed by atoms with Crippen molar-refractivity contribution in [3.63, 3.8) is 0 Å². The minimum Gasteiger partial charge on any atom is -0.491 e. The molecule has 1 atom stereocenters. The highest BCUT2D eigenvalue weighted by Gasteiger charge is 2.10. The van der Waals surface area contributed by atoms with Gasteiger partial charge in [0.15, 0.2) is 0 Å². The molecule has 1 heteroatoms. The third kappa shape index (κ3) is 2.72. The first-order valence-corrected chi connectivity index (χ1v) is 4.75. The molecule has 1 unspecified atom stereocenters. The van der Waals surface area contributed by atoms with E-state index in [-0.39, 0.29) is 0 Å². The highest BCUT2D eigenvalue weighted by Crippen LogP contribution is 2.19. The van der Waals surface area contributed by atoms with E-state index in [4.69, 9.17) is 4.74 Å². The Kier molecular flexibility index (Phi) is 3.39. The first-order chi connectivity index (χ1) is 5.72. The molecule has 1 aliphatic heterocycles. The number of rotatable bonds is 3. The maximum Gasteiger partial charge on any atom is 0.117 e. The second kappa shape index (κ2) is 4.34. The average Bonchev–Trinajstić information content (AvgIpc) is 1.99. The van der Waals surface area contributed by atoms with Crippen molar-refractivity contribution in [1.29, 1.82) is 0 Å². The summed E-state index contributed by atoms with van der Waals surface area (Å²) in [6.07, 6.45) is 8.27. The number of ether oxygens (including phenoxy) is 1. The Morgan fingerprint density at radius 2 is 2.17 bits per heavy atom. The number of hydrogen-bond acceptors (Lipinski definition) is 1. The second-order valence-corrected chi connectivity index (χ2v) is 3.46. The van der Waals surface area contributed by atoms with E-state index in [1.54, 1.807) is 0 Å².